The van der Waals surface area contributed by atoms with Crippen LogP contribution in [0.25, 0.3) is 22.6 Å². The molecule has 2 N–H and O–H groups in total. The molecule has 1 aromatic heterocycles. The van der Waals surface area contributed by atoms with Crippen molar-refractivity contribution in [1.82, 2.24) is 9.88 Å². The number of aryl methyl sites for hydroxylation is 1. The van der Waals surface area contributed by atoms with Crippen LogP contribution in [0.4, 0.5) is 5.69 Å². The van der Waals surface area contributed by atoms with E-state index >= 15 is 0 Å². The lowest BCUT2D eigenvalue weighted by molar-refractivity contribution is -0.110. The number of carbonyl (C=O) groups excluding carboxylic acids is 1. The van der Waals surface area contributed by atoms with E-state index in [-0.39, 0.29) is 5.91 Å². The summed E-state index contributed by atoms with van der Waals surface area (Å²) in [4.78, 5) is 18.2. The van der Waals surface area contributed by atoms with Gasteiger partial charge in [-0.15, -0.1) is 0 Å². The van der Waals surface area contributed by atoms with Gasteiger partial charge in [0.1, 0.15) is 0 Å². The van der Waals surface area contributed by atoms with Gasteiger partial charge in [0.2, 0.25) is 0 Å². The number of fused-ring (bicyclic) bond motifs is 2. The minimum atomic E-state index is -0.0445. The number of anilines is 1. The second-order valence-corrected chi connectivity index (χ2v) is 7.33. The maximum atomic E-state index is 12.3. The number of carbonyl (C=O) groups is 1. The number of hydrogen-bond acceptors (Lipinski definition) is 2. The van der Waals surface area contributed by atoms with Gasteiger partial charge in [0.25, 0.3) is 5.91 Å². The monoisotopic (exact) mass is 373 g/mol. The van der Waals surface area contributed by atoms with E-state index in [1.165, 1.54) is 17.4 Å². The molecule has 0 aliphatic carbocycles. The van der Waals surface area contributed by atoms with Crippen LogP contribution < -0.4 is 5.32 Å². The fourth-order valence-electron chi connectivity index (χ4n) is 3.92. The zero-order valence-corrected chi connectivity index (χ0v) is 16.6. The fraction of sp³-hybridized carbons (Fsp3) is 0.292. The topological polar surface area (TPSA) is 48.1 Å². The Bertz CT molecular complexity index is 1030. The summed E-state index contributed by atoms with van der Waals surface area (Å²) < 4.78 is 0. The van der Waals surface area contributed by atoms with Gasteiger partial charge in [-0.25, -0.2) is 0 Å². The lowest BCUT2D eigenvalue weighted by Gasteiger charge is -2.17. The largest absolute Gasteiger partial charge is 0.355 e. The summed E-state index contributed by atoms with van der Waals surface area (Å²) >= 11 is 0. The molecule has 0 atom stereocenters. The number of H-pyrrole nitrogens is 1. The maximum absolute atomic E-state index is 12.3. The molecule has 1 aliphatic rings. The molecule has 0 unspecified atom stereocenters. The van der Waals surface area contributed by atoms with Gasteiger partial charge >= 0.3 is 0 Å². The summed E-state index contributed by atoms with van der Waals surface area (Å²) in [5, 5.41) is 4.12. The van der Waals surface area contributed by atoms with E-state index in [2.05, 4.69) is 53.3 Å². The van der Waals surface area contributed by atoms with Gasteiger partial charge in [-0.2, -0.15) is 0 Å². The van der Waals surface area contributed by atoms with Gasteiger partial charge in [-0.3, -0.25) is 4.79 Å². The van der Waals surface area contributed by atoms with E-state index in [0.29, 0.717) is 5.57 Å². The minimum absolute atomic E-state index is 0.0445. The van der Waals surface area contributed by atoms with Crippen LogP contribution in [0.3, 0.4) is 0 Å². The van der Waals surface area contributed by atoms with Gasteiger partial charge in [0.15, 0.2) is 0 Å². The molecule has 3 aromatic rings. The Balaban J connectivity index is 1.53. The van der Waals surface area contributed by atoms with Gasteiger partial charge in [0, 0.05) is 27.8 Å². The average Bonchev–Trinajstić information content (AvgIpc) is 3.25. The zero-order chi connectivity index (χ0) is 19.5. The predicted octanol–water partition coefficient (Wildman–Crippen LogP) is 4.94. The summed E-state index contributed by atoms with van der Waals surface area (Å²) in [7, 11) is 0. The number of nitrogens with zero attached hydrogens (tertiary/aromatic N) is 1. The van der Waals surface area contributed by atoms with Crippen LogP contribution in [0.15, 0.2) is 48.5 Å². The first-order valence-corrected chi connectivity index (χ1v) is 10.1. The highest BCUT2D eigenvalue weighted by atomic mass is 16.2. The molecule has 4 rings (SSSR count). The van der Waals surface area contributed by atoms with Crippen LogP contribution in [0, 0.1) is 0 Å². The van der Waals surface area contributed by atoms with E-state index in [1.807, 2.05) is 30.3 Å². The van der Waals surface area contributed by atoms with Crippen LogP contribution in [0.1, 0.15) is 37.1 Å². The van der Waals surface area contributed by atoms with Crippen LogP contribution in [-0.2, 0) is 11.2 Å². The number of aromatic amines is 1. The van der Waals surface area contributed by atoms with Crippen LogP contribution in [-0.4, -0.2) is 35.4 Å². The molecule has 28 heavy (non-hydrogen) atoms. The molecular weight excluding hydrogens is 346 g/mol. The number of rotatable bonds is 7. The highest BCUT2D eigenvalue weighted by Gasteiger charge is 2.23. The Morgan fingerprint density at radius 2 is 1.86 bits per heavy atom. The van der Waals surface area contributed by atoms with E-state index in [1.54, 1.807) is 0 Å². The van der Waals surface area contributed by atoms with Gasteiger partial charge in [0.05, 0.1) is 5.57 Å². The van der Waals surface area contributed by atoms with E-state index in [0.717, 1.165) is 48.5 Å². The second kappa shape index (κ2) is 8.03. The zero-order valence-electron chi connectivity index (χ0n) is 16.6. The molecule has 2 aromatic carbocycles. The quantitative estimate of drug-likeness (QED) is 0.577. The second-order valence-electron chi connectivity index (χ2n) is 7.33. The third-order valence-electron chi connectivity index (χ3n) is 5.55. The maximum Gasteiger partial charge on any atom is 0.256 e. The Morgan fingerprint density at radius 3 is 2.68 bits per heavy atom. The Labute approximate surface area is 166 Å². The van der Waals surface area contributed by atoms with Crippen molar-refractivity contribution in [3.63, 3.8) is 0 Å². The molecule has 4 heteroatoms. The standard InChI is InChI=1S/C24H27N3O/c1-3-27(4-2)13-7-8-17-11-12-22-18(14-17)15-19(25-22)16-21-20-9-5-6-10-23(20)26-24(21)28/h5-6,9-12,14-16,25H,3-4,7-8,13H2,1-2H3,(H,26,28). The molecule has 4 nitrogen and oxygen atoms in total. The lowest BCUT2D eigenvalue weighted by atomic mass is 10.1. The number of amides is 1. The van der Waals surface area contributed by atoms with Crippen molar-refractivity contribution in [3.8, 4) is 0 Å². The Morgan fingerprint density at radius 1 is 1.04 bits per heavy atom. The summed E-state index contributed by atoms with van der Waals surface area (Å²) in [6.07, 6.45) is 4.20. The molecule has 1 amide bonds. The normalized spacial score (nSPS) is 14.8. The molecule has 0 spiro atoms. The van der Waals surface area contributed by atoms with Crippen molar-refractivity contribution in [3.05, 3.63) is 65.4 Å². The lowest BCUT2D eigenvalue weighted by Crippen LogP contribution is -2.24. The number of nitrogens with one attached hydrogen (secondary N) is 2. The SMILES string of the molecule is CCN(CC)CCCc1ccc2[nH]c(C=C3C(=O)Nc4ccccc43)cc2c1. The van der Waals surface area contributed by atoms with Crippen molar-refractivity contribution in [2.24, 2.45) is 0 Å². The molecule has 1 aliphatic heterocycles. The number of para-hydroxylation sites is 1. The highest BCUT2D eigenvalue weighted by molar-refractivity contribution is 6.34. The fourth-order valence-corrected chi connectivity index (χ4v) is 3.92. The molecule has 2 heterocycles. The first-order chi connectivity index (χ1) is 13.7. The molecule has 0 radical (unpaired) electrons. The highest BCUT2D eigenvalue weighted by Crippen LogP contribution is 2.33. The molecule has 0 saturated carbocycles. The van der Waals surface area contributed by atoms with Gasteiger partial charge in [-0.1, -0.05) is 38.1 Å². The summed E-state index contributed by atoms with van der Waals surface area (Å²) in [5.41, 5.74) is 5.97. The molecule has 0 bridgehead atoms. The van der Waals surface area contributed by atoms with Gasteiger partial charge < -0.3 is 15.2 Å². The number of benzene rings is 2. The van der Waals surface area contributed by atoms with Crippen molar-refractivity contribution in [2.45, 2.75) is 26.7 Å². The predicted molar refractivity (Wildman–Crippen MR) is 117 cm³/mol. The summed E-state index contributed by atoms with van der Waals surface area (Å²) in [5.74, 6) is -0.0445. The Hall–Kier alpha value is -2.85. The van der Waals surface area contributed by atoms with Crippen molar-refractivity contribution < 1.29 is 4.79 Å². The van der Waals surface area contributed by atoms with E-state index in [9.17, 15) is 4.79 Å². The third kappa shape index (κ3) is 3.73. The van der Waals surface area contributed by atoms with E-state index < -0.39 is 0 Å². The first-order valence-electron chi connectivity index (χ1n) is 10.1. The molecule has 144 valence electrons. The molecular formula is C24H27N3O. The van der Waals surface area contributed by atoms with Crippen molar-refractivity contribution >= 4 is 34.1 Å². The summed E-state index contributed by atoms with van der Waals surface area (Å²) in [6.45, 7) is 7.80. The van der Waals surface area contributed by atoms with E-state index in [4.69, 9.17) is 0 Å². The van der Waals surface area contributed by atoms with Crippen LogP contribution in [0.5, 0.6) is 0 Å². The first kappa shape index (κ1) is 18.5. The summed E-state index contributed by atoms with van der Waals surface area (Å²) in [6, 6.07) is 16.6. The Kier molecular flexibility index (Phi) is 5.31. The minimum Gasteiger partial charge on any atom is -0.355 e. The molecule has 0 fully saturated rings. The smallest absolute Gasteiger partial charge is 0.256 e. The number of aromatic nitrogens is 1. The van der Waals surface area contributed by atoms with Gasteiger partial charge in [-0.05, 0) is 68.4 Å². The average molecular weight is 374 g/mol. The van der Waals surface area contributed by atoms with Crippen molar-refractivity contribution in [1.29, 1.82) is 0 Å². The molecule has 0 saturated heterocycles. The van der Waals surface area contributed by atoms with Crippen LogP contribution >= 0.6 is 0 Å². The number of hydrogen-bond donors (Lipinski definition) is 2. The third-order valence-corrected chi connectivity index (χ3v) is 5.55. The van der Waals surface area contributed by atoms with Crippen LogP contribution in [0.2, 0.25) is 0 Å². The van der Waals surface area contributed by atoms with Crippen molar-refractivity contribution in [2.75, 3.05) is 25.0 Å².